The molecule has 1 aromatic heterocycles. The van der Waals surface area contributed by atoms with Gasteiger partial charge in [0.2, 0.25) is 0 Å². The quantitative estimate of drug-likeness (QED) is 0.248. The highest BCUT2D eigenvalue weighted by Crippen LogP contribution is 2.32. The van der Waals surface area contributed by atoms with Crippen molar-refractivity contribution in [3.8, 4) is 5.75 Å². The zero-order valence-electron chi connectivity index (χ0n) is 18.8. The number of likely N-dealkylation sites (tertiary alicyclic amines) is 1. The van der Waals surface area contributed by atoms with Gasteiger partial charge in [0.25, 0.3) is 0 Å². The Hall–Kier alpha value is -3.35. The highest BCUT2D eigenvalue weighted by Gasteiger charge is 2.31. The van der Waals surface area contributed by atoms with Gasteiger partial charge in [-0.1, -0.05) is 18.2 Å². The molecule has 7 heteroatoms. The maximum Gasteiger partial charge on any atom is 0.410 e. The molecule has 7 nitrogen and oxygen atoms in total. The molecule has 0 saturated carbocycles. The smallest absolute Gasteiger partial charge is 0.410 e. The molecular weight excluding hydrogens is 410 g/mol. The van der Waals surface area contributed by atoms with Crippen LogP contribution in [0, 0.1) is 12.8 Å². The van der Waals surface area contributed by atoms with Gasteiger partial charge in [-0.25, -0.2) is 9.59 Å². The predicted molar refractivity (Wildman–Crippen MR) is 121 cm³/mol. The lowest BCUT2D eigenvalue weighted by atomic mass is 9.97. The second kappa shape index (κ2) is 8.30. The van der Waals surface area contributed by atoms with Crippen molar-refractivity contribution in [3.05, 3.63) is 52.4 Å². The summed E-state index contributed by atoms with van der Waals surface area (Å²) in [6.07, 6.45) is 0.645. The van der Waals surface area contributed by atoms with E-state index in [-0.39, 0.29) is 18.0 Å². The number of aryl methyl sites for hydroxylation is 1. The first-order chi connectivity index (χ1) is 15.1. The van der Waals surface area contributed by atoms with Crippen LogP contribution < -0.4 is 10.4 Å². The molecule has 1 aliphatic heterocycles. The van der Waals surface area contributed by atoms with E-state index in [0.29, 0.717) is 48.2 Å². The first kappa shape index (κ1) is 21.9. The Morgan fingerprint density at radius 3 is 2.31 bits per heavy atom. The third-order valence-electron chi connectivity index (χ3n) is 5.68. The van der Waals surface area contributed by atoms with Crippen LogP contribution in [0.4, 0.5) is 4.79 Å². The average molecular weight is 437 g/mol. The highest BCUT2D eigenvalue weighted by atomic mass is 16.6. The van der Waals surface area contributed by atoms with Crippen molar-refractivity contribution in [2.24, 2.45) is 5.92 Å². The summed E-state index contributed by atoms with van der Waals surface area (Å²) in [7, 11) is 0. The number of carbonyl (C=O) groups is 2. The lowest BCUT2D eigenvalue weighted by molar-refractivity contribution is -0.140. The summed E-state index contributed by atoms with van der Waals surface area (Å²) in [4.78, 5) is 39.0. The van der Waals surface area contributed by atoms with Gasteiger partial charge in [0.05, 0.1) is 11.3 Å². The zero-order valence-corrected chi connectivity index (χ0v) is 18.8. The maximum atomic E-state index is 12.8. The van der Waals surface area contributed by atoms with Crippen LogP contribution in [0.25, 0.3) is 21.7 Å². The molecule has 1 aliphatic rings. The monoisotopic (exact) mass is 437 g/mol. The van der Waals surface area contributed by atoms with Crippen LogP contribution in [0.2, 0.25) is 0 Å². The van der Waals surface area contributed by atoms with E-state index >= 15 is 0 Å². The summed E-state index contributed by atoms with van der Waals surface area (Å²) in [5.41, 5.74) is 0.0405. The SMILES string of the molecule is Cc1c(OC(=O)C2CCN(C(=O)OC(C)(C)C)CC2)ccc2c1oc(=O)c1ccccc12. The lowest BCUT2D eigenvalue weighted by Crippen LogP contribution is -2.43. The van der Waals surface area contributed by atoms with E-state index in [1.54, 1.807) is 36.1 Å². The van der Waals surface area contributed by atoms with Crippen molar-refractivity contribution in [1.29, 1.82) is 0 Å². The van der Waals surface area contributed by atoms with Crippen LogP contribution in [0.15, 0.2) is 45.6 Å². The molecule has 3 aromatic rings. The first-order valence-electron chi connectivity index (χ1n) is 10.8. The molecule has 2 aromatic carbocycles. The Balaban J connectivity index is 1.49. The topological polar surface area (TPSA) is 86.1 Å². The van der Waals surface area contributed by atoms with Gasteiger partial charge in [0.15, 0.2) is 0 Å². The third kappa shape index (κ3) is 4.33. The average Bonchev–Trinajstić information content (AvgIpc) is 2.75. The van der Waals surface area contributed by atoms with Crippen molar-refractivity contribution in [1.82, 2.24) is 4.90 Å². The minimum absolute atomic E-state index is 0.313. The normalized spacial score (nSPS) is 15.2. The molecule has 32 heavy (non-hydrogen) atoms. The molecule has 0 radical (unpaired) electrons. The van der Waals surface area contributed by atoms with E-state index < -0.39 is 11.2 Å². The fraction of sp³-hybridized carbons (Fsp3) is 0.400. The van der Waals surface area contributed by atoms with E-state index in [4.69, 9.17) is 13.9 Å². The van der Waals surface area contributed by atoms with Gasteiger partial charge in [0, 0.05) is 24.0 Å². The van der Waals surface area contributed by atoms with Crippen molar-refractivity contribution < 1.29 is 23.5 Å². The molecular formula is C25H27NO6. The molecule has 1 saturated heterocycles. The first-order valence-corrected chi connectivity index (χ1v) is 10.8. The van der Waals surface area contributed by atoms with E-state index in [2.05, 4.69) is 0 Å². The van der Waals surface area contributed by atoms with E-state index in [0.717, 1.165) is 10.8 Å². The standard InChI is InChI=1S/C25H27NO6/c1-15-20(10-9-18-17-7-5-6-8-19(17)23(28)31-21(15)18)30-22(27)16-11-13-26(14-12-16)24(29)32-25(2,3)4/h5-10,16H,11-14H2,1-4H3. The van der Waals surface area contributed by atoms with E-state index in [1.807, 2.05) is 32.9 Å². The molecule has 0 unspecified atom stereocenters. The van der Waals surface area contributed by atoms with Gasteiger partial charge in [-0.15, -0.1) is 0 Å². The number of ether oxygens (including phenoxy) is 2. The number of nitrogens with zero attached hydrogens (tertiary/aromatic N) is 1. The summed E-state index contributed by atoms with van der Waals surface area (Å²) in [5, 5.41) is 2.11. The number of rotatable bonds is 2. The van der Waals surface area contributed by atoms with Gasteiger partial charge in [-0.05, 0) is 64.1 Å². The van der Waals surface area contributed by atoms with Crippen molar-refractivity contribution in [2.75, 3.05) is 13.1 Å². The third-order valence-corrected chi connectivity index (χ3v) is 5.68. The summed E-state index contributed by atoms with van der Waals surface area (Å²) in [6.45, 7) is 8.12. The van der Waals surface area contributed by atoms with Crippen LogP contribution in [0.5, 0.6) is 5.75 Å². The van der Waals surface area contributed by atoms with Gasteiger partial charge in [-0.3, -0.25) is 4.79 Å². The van der Waals surface area contributed by atoms with E-state index in [1.165, 1.54) is 0 Å². The van der Waals surface area contributed by atoms with Gasteiger partial charge in [-0.2, -0.15) is 0 Å². The number of piperidine rings is 1. The molecule has 1 fully saturated rings. The molecule has 0 bridgehead atoms. The van der Waals surface area contributed by atoms with Crippen molar-refractivity contribution >= 4 is 33.8 Å². The number of fused-ring (bicyclic) bond motifs is 3. The fourth-order valence-corrected chi connectivity index (χ4v) is 3.99. The summed E-state index contributed by atoms with van der Waals surface area (Å²) >= 11 is 0. The minimum atomic E-state index is -0.555. The number of hydrogen-bond acceptors (Lipinski definition) is 6. The number of benzene rings is 2. The molecule has 0 aliphatic carbocycles. The van der Waals surface area contributed by atoms with Crippen LogP contribution in [0.1, 0.15) is 39.2 Å². The van der Waals surface area contributed by atoms with E-state index in [9.17, 15) is 14.4 Å². The number of hydrogen-bond donors (Lipinski definition) is 0. The molecule has 1 amide bonds. The Kier molecular flexibility index (Phi) is 5.67. The Labute approximate surface area is 185 Å². The van der Waals surface area contributed by atoms with Gasteiger partial charge in [0.1, 0.15) is 16.9 Å². The molecule has 2 heterocycles. The molecule has 0 N–H and O–H groups in total. The minimum Gasteiger partial charge on any atom is -0.444 e. The second-order valence-corrected chi connectivity index (χ2v) is 9.16. The zero-order chi connectivity index (χ0) is 23.0. The van der Waals surface area contributed by atoms with Crippen LogP contribution in [-0.4, -0.2) is 35.7 Å². The summed E-state index contributed by atoms with van der Waals surface area (Å²) < 4.78 is 16.6. The van der Waals surface area contributed by atoms with Crippen LogP contribution in [0.3, 0.4) is 0 Å². The van der Waals surface area contributed by atoms with Crippen LogP contribution >= 0.6 is 0 Å². The van der Waals surface area contributed by atoms with Crippen molar-refractivity contribution in [2.45, 2.75) is 46.1 Å². The summed E-state index contributed by atoms with van der Waals surface area (Å²) in [6, 6.07) is 10.8. The lowest BCUT2D eigenvalue weighted by Gasteiger charge is -2.32. The maximum absolute atomic E-state index is 12.8. The molecule has 4 rings (SSSR count). The summed E-state index contributed by atoms with van der Waals surface area (Å²) in [5.74, 6) is -0.290. The number of amides is 1. The second-order valence-electron chi connectivity index (χ2n) is 9.16. The molecule has 0 spiro atoms. The fourth-order valence-electron chi connectivity index (χ4n) is 3.99. The number of esters is 1. The predicted octanol–water partition coefficient (Wildman–Crippen LogP) is 4.81. The largest absolute Gasteiger partial charge is 0.444 e. The highest BCUT2D eigenvalue weighted by molar-refractivity contribution is 6.05. The number of carbonyl (C=O) groups excluding carboxylic acids is 2. The van der Waals surface area contributed by atoms with Crippen LogP contribution in [-0.2, 0) is 9.53 Å². The van der Waals surface area contributed by atoms with Crippen molar-refractivity contribution in [3.63, 3.8) is 0 Å². The Morgan fingerprint density at radius 1 is 1.00 bits per heavy atom. The van der Waals surface area contributed by atoms with Gasteiger partial charge >= 0.3 is 17.7 Å². The Bertz CT molecular complexity index is 1240. The Morgan fingerprint density at radius 2 is 1.66 bits per heavy atom. The van der Waals surface area contributed by atoms with Gasteiger partial charge < -0.3 is 18.8 Å². The molecule has 168 valence electrons. The molecule has 0 atom stereocenters.